The second-order valence-electron chi connectivity index (χ2n) is 16.5. The van der Waals surface area contributed by atoms with Crippen LogP contribution in [0.15, 0.2) is 200 Å². The summed E-state index contributed by atoms with van der Waals surface area (Å²) in [6.45, 7) is 0. The van der Waals surface area contributed by atoms with Gasteiger partial charge in [0.1, 0.15) is 0 Å². The summed E-state index contributed by atoms with van der Waals surface area (Å²) in [6, 6.07) is 75.3. The molecule has 270 valence electrons. The van der Waals surface area contributed by atoms with Gasteiger partial charge in [-0.1, -0.05) is 140 Å². The van der Waals surface area contributed by atoms with Crippen LogP contribution >= 0.6 is 0 Å². The average molecular weight is 744 g/mol. The molecule has 13 aromatic carbocycles. The van der Waals surface area contributed by atoms with Crippen molar-refractivity contribution in [2.24, 2.45) is 0 Å². The maximum Gasteiger partial charge on any atom is 0.0553 e. The summed E-state index contributed by atoms with van der Waals surface area (Å²) in [6.07, 6.45) is 0. The monoisotopic (exact) mass is 743 g/mol. The van der Waals surface area contributed by atoms with E-state index in [4.69, 9.17) is 0 Å². The summed E-state index contributed by atoms with van der Waals surface area (Å²) in [5.41, 5.74) is 11.0. The van der Waals surface area contributed by atoms with Gasteiger partial charge in [0.15, 0.2) is 0 Å². The van der Waals surface area contributed by atoms with Gasteiger partial charge in [0.05, 0.1) is 11.0 Å². The lowest BCUT2D eigenvalue weighted by atomic mass is 9.90. The van der Waals surface area contributed by atoms with Gasteiger partial charge in [-0.25, -0.2) is 0 Å². The number of hydrogen-bond acceptors (Lipinski definition) is 0. The molecule has 0 aliphatic carbocycles. The number of nitrogens with zero attached hydrogens (tertiary/aromatic N) is 1. The Morgan fingerprint density at radius 2 is 0.525 bits per heavy atom. The zero-order valence-corrected chi connectivity index (χ0v) is 32.0. The van der Waals surface area contributed by atoms with Crippen molar-refractivity contribution in [3.63, 3.8) is 0 Å². The average Bonchev–Trinajstić information content (AvgIpc) is 3.64. The highest BCUT2D eigenvalue weighted by molar-refractivity contribution is 6.28. The van der Waals surface area contributed by atoms with Crippen molar-refractivity contribution in [3.8, 4) is 39.1 Å². The summed E-state index contributed by atoms with van der Waals surface area (Å²) < 4.78 is 2.52. The Labute approximate surface area is 339 Å². The molecule has 0 unspecified atom stereocenters. The standard InChI is InChI=1S/C58H33N/c1-2-6-34(7-3-1)35-22-24-50(25-23-35)59-51-32-48(46-26-40-16-12-36-8-4-9-37-13-17-41(27-46)55(40)53(36)37)30-44-20-21-45-31-49(33-52(59)58(45)57(44)51)47-28-42-18-14-38-10-5-11-39-15-19-43(29-47)56(42)54(38)39/h1-33H. The fraction of sp³-hybridized carbons (Fsp3) is 0. The lowest BCUT2D eigenvalue weighted by Crippen LogP contribution is -1.95. The van der Waals surface area contributed by atoms with Gasteiger partial charge in [-0.2, -0.15) is 0 Å². The zero-order valence-electron chi connectivity index (χ0n) is 32.0. The van der Waals surface area contributed by atoms with E-state index in [1.54, 1.807) is 0 Å². The Morgan fingerprint density at radius 3 is 0.932 bits per heavy atom. The highest BCUT2D eigenvalue weighted by atomic mass is 15.0. The van der Waals surface area contributed by atoms with Gasteiger partial charge in [-0.3, -0.25) is 0 Å². The number of rotatable bonds is 4. The van der Waals surface area contributed by atoms with Crippen LogP contribution in [0.2, 0.25) is 0 Å². The quantitative estimate of drug-likeness (QED) is 0.158. The minimum atomic E-state index is 1.16. The van der Waals surface area contributed by atoms with Gasteiger partial charge in [0.25, 0.3) is 0 Å². The maximum absolute atomic E-state index is 2.52. The normalized spacial score (nSPS) is 12.4. The summed E-state index contributed by atoms with van der Waals surface area (Å²) in [7, 11) is 0. The third-order valence-electron chi connectivity index (χ3n) is 13.3. The third-order valence-corrected chi connectivity index (χ3v) is 13.3. The number of benzene rings is 13. The Bertz CT molecular complexity index is 3630. The highest BCUT2D eigenvalue weighted by Crippen LogP contribution is 2.46. The van der Waals surface area contributed by atoms with E-state index >= 15 is 0 Å². The van der Waals surface area contributed by atoms with Crippen LogP contribution < -0.4 is 0 Å². The summed E-state index contributed by atoms with van der Waals surface area (Å²) in [4.78, 5) is 0. The topological polar surface area (TPSA) is 4.93 Å². The van der Waals surface area contributed by atoms with E-state index in [-0.39, 0.29) is 0 Å². The smallest absolute Gasteiger partial charge is 0.0553 e. The molecule has 0 saturated heterocycles. The fourth-order valence-electron chi connectivity index (χ4n) is 10.7. The molecule has 1 heteroatoms. The fourth-order valence-corrected chi connectivity index (χ4v) is 10.7. The first kappa shape index (κ1) is 31.4. The van der Waals surface area contributed by atoms with Crippen LogP contribution in [-0.2, 0) is 0 Å². The Balaban J connectivity index is 1.03. The first-order valence-electron chi connectivity index (χ1n) is 20.6. The van der Waals surface area contributed by atoms with Gasteiger partial charge >= 0.3 is 0 Å². The molecule has 59 heavy (non-hydrogen) atoms. The molecule has 0 bridgehead atoms. The molecule has 1 nitrogen and oxygen atoms in total. The molecule has 0 aliphatic rings. The molecule has 1 heterocycles. The van der Waals surface area contributed by atoms with E-state index < -0.39 is 0 Å². The van der Waals surface area contributed by atoms with Crippen molar-refractivity contribution < 1.29 is 0 Å². The molecule has 0 aliphatic heterocycles. The van der Waals surface area contributed by atoms with Gasteiger partial charge < -0.3 is 4.57 Å². The minimum absolute atomic E-state index is 1.16. The number of hydrogen-bond donors (Lipinski definition) is 0. The van der Waals surface area contributed by atoms with Gasteiger partial charge in [-0.05, 0) is 169 Å². The van der Waals surface area contributed by atoms with Crippen molar-refractivity contribution in [1.29, 1.82) is 0 Å². The van der Waals surface area contributed by atoms with Crippen LogP contribution in [0.1, 0.15) is 0 Å². The molecule has 0 N–H and O–H groups in total. The summed E-state index contributed by atoms with van der Waals surface area (Å²) in [5, 5.41) is 20.9. The van der Waals surface area contributed by atoms with E-state index in [0.29, 0.717) is 0 Å². The van der Waals surface area contributed by atoms with Crippen molar-refractivity contribution in [3.05, 3.63) is 200 Å². The Morgan fingerprint density at radius 1 is 0.203 bits per heavy atom. The van der Waals surface area contributed by atoms with Crippen molar-refractivity contribution in [2.75, 3.05) is 0 Å². The first-order chi connectivity index (χ1) is 29.2. The van der Waals surface area contributed by atoms with E-state index in [2.05, 4.69) is 205 Å². The molecule has 0 fully saturated rings. The van der Waals surface area contributed by atoms with E-state index in [1.807, 2.05) is 0 Å². The Kier molecular flexibility index (Phi) is 6.08. The molecule has 0 spiro atoms. The lowest BCUT2D eigenvalue weighted by molar-refractivity contribution is 1.18. The lowest BCUT2D eigenvalue weighted by Gasteiger charge is -2.14. The largest absolute Gasteiger partial charge is 0.309 e. The molecule has 14 rings (SSSR count). The maximum atomic E-state index is 2.52. The van der Waals surface area contributed by atoms with Crippen LogP contribution in [0.25, 0.3) is 136 Å². The van der Waals surface area contributed by atoms with Crippen LogP contribution in [0, 0.1) is 0 Å². The van der Waals surface area contributed by atoms with E-state index in [0.717, 1.165) is 5.69 Å². The molecule has 14 aromatic rings. The SMILES string of the molecule is c1ccc(-c2ccc(-n3c4cc(-c5cc6ccc7cccc8ccc(c5)c6c78)cc5ccc6cc(-c7cc8ccc9cccc%10ccc(c7)c8c9%10)cc3c6c54)cc2)cc1. The molecule has 0 atom stereocenters. The zero-order chi connectivity index (χ0) is 38.3. The van der Waals surface area contributed by atoms with Gasteiger partial charge in [-0.15, -0.1) is 0 Å². The Hall–Kier alpha value is -7.74. The third kappa shape index (κ3) is 4.39. The summed E-state index contributed by atoms with van der Waals surface area (Å²) in [5.74, 6) is 0. The second kappa shape index (κ2) is 11.4. The van der Waals surface area contributed by atoms with Crippen LogP contribution in [0.4, 0.5) is 0 Å². The van der Waals surface area contributed by atoms with Gasteiger partial charge in [0.2, 0.25) is 0 Å². The minimum Gasteiger partial charge on any atom is -0.309 e. The molecule has 1 aromatic heterocycles. The summed E-state index contributed by atoms with van der Waals surface area (Å²) >= 11 is 0. The van der Waals surface area contributed by atoms with E-state index in [1.165, 1.54) is 131 Å². The van der Waals surface area contributed by atoms with E-state index in [9.17, 15) is 0 Å². The predicted octanol–water partition coefficient (Wildman–Crippen LogP) is 16.2. The van der Waals surface area contributed by atoms with Crippen LogP contribution in [0.5, 0.6) is 0 Å². The molecular formula is C58H33N. The number of aromatic nitrogens is 1. The van der Waals surface area contributed by atoms with Crippen molar-refractivity contribution in [1.82, 2.24) is 4.57 Å². The molecular weight excluding hydrogens is 711 g/mol. The van der Waals surface area contributed by atoms with Crippen molar-refractivity contribution >= 4 is 97.2 Å². The second-order valence-corrected chi connectivity index (χ2v) is 16.5. The molecule has 0 amide bonds. The first-order valence-corrected chi connectivity index (χ1v) is 20.6. The van der Waals surface area contributed by atoms with Crippen LogP contribution in [-0.4, -0.2) is 4.57 Å². The molecule has 0 radical (unpaired) electrons. The molecule has 0 saturated carbocycles. The van der Waals surface area contributed by atoms with Gasteiger partial charge in [0, 0.05) is 16.5 Å². The van der Waals surface area contributed by atoms with Crippen molar-refractivity contribution in [2.45, 2.75) is 0 Å². The highest BCUT2D eigenvalue weighted by Gasteiger charge is 2.21. The van der Waals surface area contributed by atoms with Crippen LogP contribution in [0.3, 0.4) is 0 Å². The predicted molar refractivity (Wildman–Crippen MR) is 253 cm³/mol.